The molecule has 1 aliphatic heterocycles. The van der Waals surface area contributed by atoms with Gasteiger partial charge in [0.2, 0.25) is 15.9 Å². The minimum Gasteiger partial charge on any atom is -0.315 e. The van der Waals surface area contributed by atoms with Crippen molar-refractivity contribution in [3.8, 4) is 0 Å². The van der Waals surface area contributed by atoms with Crippen molar-refractivity contribution >= 4 is 32.5 Å². The summed E-state index contributed by atoms with van der Waals surface area (Å²) < 4.78 is 30.4. The molecule has 31 heavy (non-hydrogen) atoms. The van der Waals surface area contributed by atoms with Crippen LogP contribution in [0.4, 0.5) is 5.69 Å². The van der Waals surface area contributed by atoms with Gasteiger partial charge in [-0.25, -0.2) is 13.1 Å². The molecule has 1 aromatic heterocycles. The van der Waals surface area contributed by atoms with E-state index in [1.54, 1.807) is 30.1 Å². The van der Waals surface area contributed by atoms with E-state index in [2.05, 4.69) is 22.0 Å². The summed E-state index contributed by atoms with van der Waals surface area (Å²) in [5.41, 5.74) is 3.44. The average molecular weight is 441 g/mol. The second kappa shape index (κ2) is 7.76. The minimum atomic E-state index is -3.65. The Labute approximate surface area is 183 Å². The Morgan fingerprint density at radius 1 is 1.16 bits per heavy atom. The fourth-order valence-corrected chi connectivity index (χ4v) is 5.22. The number of fused-ring (bicyclic) bond motifs is 2. The summed E-state index contributed by atoms with van der Waals surface area (Å²) in [4.78, 5) is 14.0. The number of aromatic nitrogens is 2. The van der Waals surface area contributed by atoms with Gasteiger partial charge in [0.1, 0.15) is 0 Å². The molecule has 3 aromatic rings. The van der Waals surface area contributed by atoms with Crippen molar-refractivity contribution in [1.29, 1.82) is 0 Å². The summed E-state index contributed by atoms with van der Waals surface area (Å²) in [6.45, 7) is 6.92. The quantitative estimate of drug-likeness (QED) is 0.596. The zero-order valence-corrected chi connectivity index (χ0v) is 19.2. The maximum atomic E-state index is 12.9. The monoisotopic (exact) mass is 440 g/mol. The lowest BCUT2D eigenvalue weighted by molar-refractivity contribution is -0.119. The molecular formula is C23H28N4O3S. The summed E-state index contributed by atoms with van der Waals surface area (Å²) in [5, 5.41) is 5.49. The number of rotatable bonds is 6. The maximum Gasteiger partial charge on any atom is 0.240 e. The number of carbonyl (C=O) groups is 1. The SMILES string of the molecule is Cc1ccc2cnn(CCCNS(=O)(=O)c3ccc4c(c3)C(C)(C)CC(=O)N4C)c2c1. The second-order valence-corrected chi connectivity index (χ2v) is 10.6. The Kier molecular flexibility index (Phi) is 5.39. The summed E-state index contributed by atoms with van der Waals surface area (Å²) in [5.74, 6) is 0.0348. The Bertz CT molecular complexity index is 1260. The van der Waals surface area contributed by atoms with E-state index >= 15 is 0 Å². The van der Waals surface area contributed by atoms with Gasteiger partial charge < -0.3 is 4.90 Å². The van der Waals surface area contributed by atoms with Crippen molar-refractivity contribution in [3.05, 3.63) is 53.7 Å². The van der Waals surface area contributed by atoms with Crippen LogP contribution in [0.15, 0.2) is 47.5 Å². The molecule has 1 aliphatic rings. The van der Waals surface area contributed by atoms with E-state index in [0.717, 1.165) is 27.7 Å². The van der Waals surface area contributed by atoms with Crippen LogP contribution >= 0.6 is 0 Å². The average Bonchev–Trinajstić information content (AvgIpc) is 3.11. The molecule has 0 aliphatic carbocycles. The molecule has 0 fully saturated rings. The molecule has 0 bridgehead atoms. The van der Waals surface area contributed by atoms with Crippen molar-refractivity contribution in [2.24, 2.45) is 0 Å². The highest BCUT2D eigenvalue weighted by atomic mass is 32.2. The van der Waals surface area contributed by atoms with Gasteiger partial charge in [-0.05, 0) is 48.7 Å². The molecular weight excluding hydrogens is 412 g/mol. The largest absolute Gasteiger partial charge is 0.315 e. The van der Waals surface area contributed by atoms with Gasteiger partial charge in [0.15, 0.2) is 0 Å². The highest BCUT2D eigenvalue weighted by molar-refractivity contribution is 7.89. The highest BCUT2D eigenvalue weighted by Crippen LogP contribution is 2.40. The molecule has 0 saturated carbocycles. The first kappa shape index (κ1) is 21.5. The summed E-state index contributed by atoms with van der Waals surface area (Å²) in [6, 6.07) is 11.2. The number of carbonyl (C=O) groups excluding carboxylic acids is 1. The Hall–Kier alpha value is -2.71. The molecule has 164 valence electrons. The number of hydrogen-bond acceptors (Lipinski definition) is 4. The van der Waals surface area contributed by atoms with Gasteiger partial charge >= 0.3 is 0 Å². The van der Waals surface area contributed by atoms with E-state index in [0.29, 0.717) is 25.9 Å². The number of aryl methyl sites for hydroxylation is 2. The summed E-state index contributed by atoms with van der Waals surface area (Å²) in [6.07, 6.45) is 2.80. The molecule has 0 radical (unpaired) electrons. The Morgan fingerprint density at radius 3 is 2.71 bits per heavy atom. The fraction of sp³-hybridized carbons (Fsp3) is 0.391. The van der Waals surface area contributed by atoms with Gasteiger partial charge in [0.05, 0.1) is 16.6 Å². The summed E-state index contributed by atoms with van der Waals surface area (Å²) in [7, 11) is -1.92. The Balaban J connectivity index is 1.46. The fourth-order valence-electron chi connectivity index (χ4n) is 4.12. The molecule has 1 N–H and O–H groups in total. The molecule has 4 rings (SSSR count). The van der Waals surface area contributed by atoms with Gasteiger partial charge in [0, 0.05) is 43.0 Å². The van der Waals surface area contributed by atoms with E-state index in [4.69, 9.17) is 0 Å². The van der Waals surface area contributed by atoms with Crippen LogP contribution in [0.1, 0.15) is 37.8 Å². The lowest BCUT2D eigenvalue weighted by Gasteiger charge is -2.37. The van der Waals surface area contributed by atoms with Crippen LogP contribution in [0.25, 0.3) is 10.9 Å². The number of sulfonamides is 1. The molecule has 0 spiro atoms. The number of nitrogens with one attached hydrogen (secondary N) is 1. The summed E-state index contributed by atoms with van der Waals surface area (Å²) >= 11 is 0. The third kappa shape index (κ3) is 4.09. The van der Waals surface area contributed by atoms with Crippen LogP contribution in [0.3, 0.4) is 0 Å². The number of nitrogens with zero attached hydrogens (tertiary/aromatic N) is 3. The van der Waals surface area contributed by atoms with E-state index in [-0.39, 0.29) is 10.8 Å². The van der Waals surface area contributed by atoms with Crippen LogP contribution in [-0.4, -0.2) is 37.7 Å². The first-order chi connectivity index (χ1) is 14.6. The topological polar surface area (TPSA) is 84.3 Å². The van der Waals surface area contributed by atoms with E-state index < -0.39 is 15.4 Å². The zero-order chi connectivity index (χ0) is 22.4. The first-order valence-corrected chi connectivity index (χ1v) is 11.9. The number of amides is 1. The molecule has 7 nitrogen and oxygen atoms in total. The lowest BCUT2D eigenvalue weighted by Crippen LogP contribution is -2.39. The second-order valence-electron chi connectivity index (χ2n) is 8.87. The van der Waals surface area contributed by atoms with Gasteiger partial charge in [-0.1, -0.05) is 26.0 Å². The van der Waals surface area contributed by atoms with E-state index in [9.17, 15) is 13.2 Å². The lowest BCUT2D eigenvalue weighted by atomic mass is 9.77. The van der Waals surface area contributed by atoms with Gasteiger partial charge in [0.25, 0.3) is 0 Å². The molecule has 0 atom stereocenters. The maximum absolute atomic E-state index is 12.9. The van der Waals surface area contributed by atoms with E-state index in [1.807, 2.05) is 37.7 Å². The molecule has 0 unspecified atom stereocenters. The zero-order valence-electron chi connectivity index (χ0n) is 18.3. The van der Waals surface area contributed by atoms with Crippen molar-refractivity contribution in [3.63, 3.8) is 0 Å². The molecule has 2 aromatic carbocycles. The first-order valence-electron chi connectivity index (χ1n) is 10.4. The van der Waals surface area contributed by atoms with Gasteiger partial charge in [-0.15, -0.1) is 0 Å². The van der Waals surface area contributed by atoms with E-state index in [1.165, 1.54) is 0 Å². The standard InChI is InChI=1S/C23H28N4O3S/c1-16-6-7-17-15-24-27(21(17)12-16)11-5-10-25-31(29,30)18-8-9-20-19(13-18)23(2,3)14-22(28)26(20)4/h6-9,12-13,15,25H,5,10-11,14H2,1-4H3. The molecule has 1 amide bonds. The molecule has 0 saturated heterocycles. The van der Waals surface area contributed by atoms with Crippen molar-refractivity contribution in [2.45, 2.75) is 50.5 Å². The van der Waals surface area contributed by atoms with Crippen molar-refractivity contribution < 1.29 is 13.2 Å². The number of hydrogen-bond donors (Lipinski definition) is 1. The highest BCUT2D eigenvalue weighted by Gasteiger charge is 2.36. The predicted octanol–water partition coefficient (Wildman–Crippen LogP) is 3.36. The number of benzene rings is 2. The van der Waals surface area contributed by atoms with Crippen molar-refractivity contribution in [1.82, 2.24) is 14.5 Å². The minimum absolute atomic E-state index is 0.0348. The Morgan fingerprint density at radius 2 is 1.94 bits per heavy atom. The number of anilines is 1. The normalized spacial score (nSPS) is 16.0. The van der Waals surface area contributed by atoms with Crippen LogP contribution in [-0.2, 0) is 26.8 Å². The van der Waals surface area contributed by atoms with Crippen molar-refractivity contribution in [2.75, 3.05) is 18.5 Å². The smallest absolute Gasteiger partial charge is 0.240 e. The predicted molar refractivity (Wildman–Crippen MR) is 122 cm³/mol. The van der Waals surface area contributed by atoms with Crippen LogP contribution in [0.2, 0.25) is 0 Å². The third-order valence-corrected chi connectivity index (χ3v) is 7.43. The van der Waals surface area contributed by atoms with Crippen LogP contribution < -0.4 is 9.62 Å². The molecule has 8 heteroatoms. The van der Waals surface area contributed by atoms with Crippen LogP contribution in [0.5, 0.6) is 0 Å². The third-order valence-electron chi connectivity index (χ3n) is 5.98. The van der Waals surface area contributed by atoms with Gasteiger partial charge in [-0.3, -0.25) is 9.48 Å². The molecule has 2 heterocycles. The van der Waals surface area contributed by atoms with Crippen LogP contribution in [0, 0.1) is 6.92 Å². The van der Waals surface area contributed by atoms with Gasteiger partial charge in [-0.2, -0.15) is 5.10 Å².